The van der Waals surface area contributed by atoms with Gasteiger partial charge < -0.3 is 10.1 Å². The molecule has 146 valence electrons. The summed E-state index contributed by atoms with van der Waals surface area (Å²) >= 11 is 0. The van der Waals surface area contributed by atoms with E-state index in [1.54, 1.807) is 22.3 Å². The Morgan fingerprint density at radius 2 is 1.93 bits per heavy atom. The van der Waals surface area contributed by atoms with Gasteiger partial charge in [0.05, 0.1) is 19.5 Å². The van der Waals surface area contributed by atoms with Crippen LogP contribution in [0.2, 0.25) is 0 Å². The molecule has 8 heteroatoms. The number of ether oxygens (including phenoxy) is 1. The van der Waals surface area contributed by atoms with Gasteiger partial charge in [-0.25, -0.2) is 13.1 Å². The Hall–Kier alpha value is -1.90. The number of sulfonamides is 1. The Morgan fingerprint density at radius 3 is 2.63 bits per heavy atom. The van der Waals surface area contributed by atoms with Crippen LogP contribution in [0.1, 0.15) is 25.7 Å². The van der Waals surface area contributed by atoms with E-state index in [1.807, 2.05) is 24.3 Å². The average molecular weight is 391 g/mol. The number of aromatic nitrogens is 2. The van der Waals surface area contributed by atoms with Crippen LogP contribution in [0.3, 0.4) is 0 Å². The summed E-state index contributed by atoms with van der Waals surface area (Å²) in [5.74, 6) is 1.49. The first-order valence-corrected chi connectivity index (χ1v) is 10.9. The van der Waals surface area contributed by atoms with E-state index in [1.165, 1.54) is 19.0 Å². The van der Waals surface area contributed by atoms with E-state index in [0.29, 0.717) is 30.6 Å². The molecule has 1 saturated carbocycles. The zero-order valence-corrected chi connectivity index (χ0v) is 16.4. The zero-order chi connectivity index (χ0) is 18.9. The fourth-order valence-electron chi connectivity index (χ4n) is 3.49. The van der Waals surface area contributed by atoms with Gasteiger partial charge in [0.25, 0.3) is 0 Å². The van der Waals surface area contributed by atoms with Crippen LogP contribution in [-0.2, 0) is 10.0 Å². The third kappa shape index (κ3) is 4.02. The number of rotatable bonds is 7. The second kappa shape index (κ2) is 7.61. The summed E-state index contributed by atoms with van der Waals surface area (Å²) in [6.45, 7) is 2.16. The third-order valence-corrected chi connectivity index (χ3v) is 7.23. The molecule has 1 saturated heterocycles. The molecule has 0 bridgehead atoms. The minimum absolute atomic E-state index is 0.220. The van der Waals surface area contributed by atoms with Gasteiger partial charge in [-0.2, -0.15) is 9.40 Å². The number of hydrogen-bond acceptors (Lipinski definition) is 5. The van der Waals surface area contributed by atoms with Gasteiger partial charge in [-0.1, -0.05) is 12.1 Å². The number of nitrogens with one attached hydrogen (secondary N) is 1. The second-order valence-electron chi connectivity index (χ2n) is 7.32. The summed E-state index contributed by atoms with van der Waals surface area (Å²) in [4.78, 5) is 0.220. The predicted molar refractivity (Wildman–Crippen MR) is 103 cm³/mol. The predicted octanol–water partition coefficient (Wildman–Crippen LogP) is 2.03. The van der Waals surface area contributed by atoms with E-state index in [9.17, 15) is 8.42 Å². The van der Waals surface area contributed by atoms with Gasteiger partial charge in [0.1, 0.15) is 16.3 Å². The maximum atomic E-state index is 13.0. The Balaban J connectivity index is 1.44. The Morgan fingerprint density at radius 1 is 1.19 bits per heavy atom. The second-order valence-corrected chi connectivity index (χ2v) is 9.26. The number of nitrogens with zero attached hydrogens (tertiary/aromatic N) is 3. The van der Waals surface area contributed by atoms with Crippen molar-refractivity contribution in [1.82, 2.24) is 19.4 Å². The summed E-state index contributed by atoms with van der Waals surface area (Å²) in [5, 5.41) is 7.83. The maximum absolute atomic E-state index is 13.0. The molecule has 2 aliphatic rings. The van der Waals surface area contributed by atoms with Gasteiger partial charge in [0.15, 0.2) is 0 Å². The standard InChI is InChI=1S/C19H26N4O3S/c1-26-19-5-3-2-4-18(19)23-14-17(13-21-23)27(24,25)22-10-8-16(9-11-22)20-12-15-6-7-15/h2-5,13-16,20H,6-12H2,1H3. The molecule has 1 N–H and O–H groups in total. The van der Waals surface area contributed by atoms with Gasteiger partial charge >= 0.3 is 0 Å². The van der Waals surface area contributed by atoms with E-state index in [0.717, 1.165) is 25.3 Å². The first kappa shape index (κ1) is 18.5. The number of para-hydroxylation sites is 2. The summed E-state index contributed by atoms with van der Waals surface area (Å²) in [6, 6.07) is 7.83. The molecule has 4 rings (SSSR count). The largest absolute Gasteiger partial charge is 0.494 e. The van der Waals surface area contributed by atoms with Crippen LogP contribution < -0.4 is 10.1 Å². The molecular formula is C19H26N4O3S. The van der Waals surface area contributed by atoms with Gasteiger partial charge in [-0.3, -0.25) is 0 Å². The van der Waals surface area contributed by atoms with Gasteiger partial charge in [0, 0.05) is 19.1 Å². The average Bonchev–Trinajstić information content (AvgIpc) is 3.39. The van der Waals surface area contributed by atoms with Crippen molar-refractivity contribution in [2.75, 3.05) is 26.7 Å². The lowest BCUT2D eigenvalue weighted by atomic mass is 10.1. The van der Waals surface area contributed by atoms with Gasteiger partial charge in [-0.15, -0.1) is 0 Å². The first-order chi connectivity index (χ1) is 13.1. The lowest BCUT2D eigenvalue weighted by Crippen LogP contribution is -2.45. The SMILES string of the molecule is COc1ccccc1-n1cc(S(=O)(=O)N2CCC(NCC3CC3)CC2)cn1. The maximum Gasteiger partial charge on any atom is 0.246 e. The van der Waals surface area contributed by atoms with Crippen LogP contribution in [0.5, 0.6) is 5.75 Å². The molecule has 1 aliphatic carbocycles. The summed E-state index contributed by atoms with van der Waals surface area (Å²) in [7, 11) is -1.95. The van der Waals surface area contributed by atoms with E-state index >= 15 is 0 Å². The molecule has 27 heavy (non-hydrogen) atoms. The normalized spacial score (nSPS) is 19.3. The molecule has 0 amide bonds. The molecule has 0 radical (unpaired) electrons. The summed E-state index contributed by atoms with van der Waals surface area (Å²) in [5.41, 5.74) is 0.712. The highest BCUT2D eigenvalue weighted by atomic mass is 32.2. The van der Waals surface area contributed by atoms with Crippen molar-refractivity contribution in [3.05, 3.63) is 36.7 Å². The van der Waals surface area contributed by atoms with Crippen molar-refractivity contribution in [3.8, 4) is 11.4 Å². The summed E-state index contributed by atoms with van der Waals surface area (Å²) < 4.78 is 34.4. The smallest absolute Gasteiger partial charge is 0.246 e. The Bertz CT molecular complexity index is 884. The molecule has 0 atom stereocenters. The molecule has 1 aliphatic heterocycles. The van der Waals surface area contributed by atoms with Crippen LogP contribution in [-0.4, -0.2) is 55.3 Å². The minimum atomic E-state index is -3.53. The van der Waals surface area contributed by atoms with Gasteiger partial charge in [-0.05, 0) is 50.3 Å². The lowest BCUT2D eigenvalue weighted by Gasteiger charge is -2.31. The number of benzene rings is 1. The quantitative estimate of drug-likeness (QED) is 0.783. The fourth-order valence-corrected chi connectivity index (χ4v) is 4.90. The monoisotopic (exact) mass is 390 g/mol. The van der Waals surface area contributed by atoms with Crippen LogP contribution in [0.15, 0.2) is 41.6 Å². The molecular weight excluding hydrogens is 364 g/mol. The van der Waals surface area contributed by atoms with Crippen LogP contribution >= 0.6 is 0 Å². The molecule has 1 aromatic heterocycles. The van der Waals surface area contributed by atoms with Crippen LogP contribution in [0, 0.1) is 5.92 Å². The highest BCUT2D eigenvalue weighted by Gasteiger charge is 2.31. The van der Waals surface area contributed by atoms with E-state index in [2.05, 4.69) is 10.4 Å². The molecule has 2 heterocycles. The zero-order valence-electron chi connectivity index (χ0n) is 15.5. The molecule has 2 aromatic rings. The molecule has 0 spiro atoms. The summed E-state index contributed by atoms with van der Waals surface area (Å²) in [6.07, 6.45) is 7.34. The number of hydrogen-bond donors (Lipinski definition) is 1. The number of piperidine rings is 1. The van der Waals surface area contributed by atoms with E-state index < -0.39 is 10.0 Å². The minimum Gasteiger partial charge on any atom is -0.494 e. The number of methoxy groups -OCH3 is 1. The van der Waals surface area contributed by atoms with Crippen molar-refractivity contribution in [1.29, 1.82) is 0 Å². The van der Waals surface area contributed by atoms with Crippen molar-refractivity contribution >= 4 is 10.0 Å². The van der Waals surface area contributed by atoms with Crippen LogP contribution in [0.4, 0.5) is 0 Å². The first-order valence-electron chi connectivity index (χ1n) is 9.49. The van der Waals surface area contributed by atoms with E-state index in [4.69, 9.17) is 4.74 Å². The molecule has 7 nitrogen and oxygen atoms in total. The Kier molecular flexibility index (Phi) is 5.21. The Labute approximate surface area is 160 Å². The lowest BCUT2D eigenvalue weighted by molar-refractivity contribution is 0.288. The van der Waals surface area contributed by atoms with Crippen molar-refractivity contribution < 1.29 is 13.2 Å². The highest BCUT2D eigenvalue weighted by molar-refractivity contribution is 7.89. The van der Waals surface area contributed by atoms with Crippen molar-refractivity contribution in [3.63, 3.8) is 0 Å². The molecule has 1 aromatic carbocycles. The van der Waals surface area contributed by atoms with Crippen molar-refractivity contribution in [2.45, 2.75) is 36.6 Å². The fraction of sp³-hybridized carbons (Fsp3) is 0.526. The topological polar surface area (TPSA) is 76.5 Å². The van der Waals surface area contributed by atoms with Gasteiger partial charge in [0.2, 0.25) is 10.0 Å². The highest BCUT2D eigenvalue weighted by Crippen LogP contribution is 2.29. The van der Waals surface area contributed by atoms with Crippen LogP contribution in [0.25, 0.3) is 5.69 Å². The van der Waals surface area contributed by atoms with Crippen molar-refractivity contribution in [2.24, 2.45) is 5.92 Å². The molecule has 0 unspecified atom stereocenters. The van der Waals surface area contributed by atoms with E-state index in [-0.39, 0.29) is 4.90 Å². The molecule has 2 fully saturated rings. The third-order valence-electron chi connectivity index (χ3n) is 5.37.